The lowest BCUT2D eigenvalue weighted by atomic mass is 10.0. The summed E-state index contributed by atoms with van der Waals surface area (Å²) in [7, 11) is 3.57. The second kappa shape index (κ2) is 10.7. The van der Waals surface area contributed by atoms with Crippen molar-refractivity contribution < 1.29 is 24.2 Å². The van der Waals surface area contributed by atoms with E-state index in [1.807, 2.05) is 25.7 Å². The zero-order chi connectivity index (χ0) is 25.2. The minimum atomic E-state index is -1.44. The summed E-state index contributed by atoms with van der Waals surface area (Å²) in [5, 5.41) is 11.8. The number of nitrogens with zero attached hydrogens (tertiary/aromatic N) is 5. The van der Waals surface area contributed by atoms with E-state index in [2.05, 4.69) is 21.9 Å². The van der Waals surface area contributed by atoms with Crippen LogP contribution in [0.4, 0.5) is 11.6 Å². The van der Waals surface area contributed by atoms with Gasteiger partial charge in [-0.15, -0.1) is 0 Å². The Hall–Kier alpha value is -2.05. The predicted molar refractivity (Wildman–Crippen MR) is 128 cm³/mol. The molecule has 11 heteroatoms. The Morgan fingerprint density at radius 2 is 1.97 bits per heavy atom. The van der Waals surface area contributed by atoms with E-state index in [1.54, 1.807) is 13.8 Å². The first kappa shape index (κ1) is 26.6. The lowest BCUT2D eigenvalue weighted by molar-refractivity contribution is -0.229. The fourth-order valence-electron chi connectivity index (χ4n) is 4.71. The van der Waals surface area contributed by atoms with E-state index in [9.17, 15) is 9.90 Å². The number of hydrogen-bond donors (Lipinski definition) is 2. The summed E-state index contributed by atoms with van der Waals surface area (Å²) in [5.74, 6) is -0.721. The second-order valence-corrected chi connectivity index (χ2v) is 9.94. The van der Waals surface area contributed by atoms with Crippen molar-refractivity contribution in [3.8, 4) is 0 Å². The number of carbonyl (C=O) groups excluding carboxylic acids is 1. The third-order valence-electron chi connectivity index (χ3n) is 6.40. The van der Waals surface area contributed by atoms with E-state index in [-0.39, 0.29) is 18.0 Å². The molecule has 2 aliphatic heterocycles. The Bertz CT molecular complexity index is 840. The fraction of sp³-hybridized carbons (Fsp3) is 0.783. The molecule has 1 amide bonds. The molecule has 34 heavy (non-hydrogen) atoms. The molecule has 0 radical (unpaired) electrons. The number of ether oxygens (including phenoxy) is 2. The van der Waals surface area contributed by atoms with Crippen LogP contribution in [0, 0.1) is 6.92 Å². The molecule has 192 valence electrons. The molecular weight excluding hydrogens is 440 g/mol. The van der Waals surface area contributed by atoms with Crippen LogP contribution in [-0.4, -0.2) is 94.5 Å². The molecule has 3 atom stereocenters. The zero-order valence-corrected chi connectivity index (χ0v) is 21.4. The smallest absolute Gasteiger partial charge is 0.278 e. The van der Waals surface area contributed by atoms with Crippen molar-refractivity contribution in [3.05, 3.63) is 11.9 Å². The van der Waals surface area contributed by atoms with Gasteiger partial charge in [0.15, 0.2) is 11.9 Å². The molecular formula is C23H40N6O5. The summed E-state index contributed by atoms with van der Waals surface area (Å²) in [5.41, 5.74) is 6.77. The van der Waals surface area contributed by atoms with Gasteiger partial charge in [0, 0.05) is 18.0 Å². The van der Waals surface area contributed by atoms with Crippen molar-refractivity contribution in [2.24, 2.45) is 0 Å². The van der Waals surface area contributed by atoms with Gasteiger partial charge < -0.3 is 30.1 Å². The van der Waals surface area contributed by atoms with Crippen LogP contribution in [0.1, 0.15) is 52.5 Å². The molecule has 0 spiro atoms. The SMILES string of the molecule is CON(C(=O)[C@H]1O[C@@H](N(c2ncnc(N)c2C)C(C)C)C[C@@H]1OC(C)(C)O)C1CCN(C)CC1. The van der Waals surface area contributed by atoms with E-state index in [0.717, 1.165) is 31.5 Å². The van der Waals surface area contributed by atoms with Gasteiger partial charge in [-0.3, -0.25) is 9.63 Å². The molecule has 3 rings (SSSR count). The Morgan fingerprint density at radius 3 is 2.53 bits per heavy atom. The Kier molecular flexibility index (Phi) is 8.35. The molecule has 0 unspecified atom stereocenters. The highest BCUT2D eigenvalue weighted by Crippen LogP contribution is 2.35. The summed E-state index contributed by atoms with van der Waals surface area (Å²) < 4.78 is 12.3. The molecule has 0 bridgehead atoms. The van der Waals surface area contributed by atoms with Gasteiger partial charge in [0.05, 0.1) is 13.2 Å². The molecule has 1 aromatic rings. The van der Waals surface area contributed by atoms with Crippen LogP contribution in [0.3, 0.4) is 0 Å². The third-order valence-corrected chi connectivity index (χ3v) is 6.40. The maximum atomic E-state index is 13.7. The maximum Gasteiger partial charge on any atom is 0.278 e. The van der Waals surface area contributed by atoms with Crippen molar-refractivity contribution in [3.63, 3.8) is 0 Å². The van der Waals surface area contributed by atoms with Crippen LogP contribution >= 0.6 is 0 Å². The molecule has 3 N–H and O–H groups in total. The molecule has 0 saturated carbocycles. The lowest BCUT2D eigenvalue weighted by Crippen LogP contribution is -2.52. The summed E-state index contributed by atoms with van der Waals surface area (Å²) in [6, 6.07) is -0.0636. The number of likely N-dealkylation sites (tertiary alicyclic amines) is 1. The van der Waals surface area contributed by atoms with E-state index in [1.165, 1.54) is 18.5 Å². The Balaban J connectivity index is 1.89. The minimum Gasteiger partial charge on any atom is -0.383 e. The van der Waals surface area contributed by atoms with Gasteiger partial charge in [0.2, 0.25) is 0 Å². The number of aliphatic hydroxyl groups is 1. The van der Waals surface area contributed by atoms with Crippen molar-refractivity contribution >= 4 is 17.5 Å². The fourth-order valence-corrected chi connectivity index (χ4v) is 4.71. The number of nitrogens with two attached hydrogens (primary N) is 1. The molecule has 2 saturated heterocycles. The van der Waals surface area contributed by atoms with Crippen LogP contribution in [0.5, 0.6) is 0 Å². The number of piperidine rings is 1. The Labute approximate surface area is 202 Å². The van der Waals surface area contributed by atoms with E-state index < -0.39 is 24.2 Å². The first-order valence-electron chi connectivity index (χ1n) is 11.9. The van der Waals surface area contributed by atoms with Crippen molar-refractivity contribution in [2.45, 2.75) is 90.2 Å². The number of hydrogen-bond acceptors (Lipinski definition) is 10. The number of hydroxylamine groups is 2. The maximum absolute atomic E-state index is 13.7. The van der Waals surface area contributed by atoms with Gasteiger partial charge in [-0.05, 0) is 67.6 Å². The van der Waals surface area contributed by atoms with Crippen molar-refractivity contribution in [1.82, 2.24) is 19.9 Å². The van der Waals surface area contributed by atoms with E-state index in [0.29, 0.717) is 18.1 Å². The summed E-state index contributed by atoms with van der Waals surface area (Å²) in [4.78, 5) is 32.0. The Morgan fingerprint density at radius 1 is 1.32 bits per heavy atom. The van der Waals surface area contributed by atoms with Gasteiger partial charge in [-0.25, -0.2) is 15.0 Å². The predicted octanol–water partition coefficient (Wildman–Crippen LogP) is 1.29. The largest absolute Gasteiger partial charge is 0.383 e. The lowest BCUT2D eigenvalue weighted by Gasteiger charge is -2.37. The molecule has 0 aromatic carbocycles. The minimum absolute atomic E-state index is 0.0120. The van der Waals surface area contributed by atoms with Crippen molar-refractivity contribution in [2.75, 3.05) is 37.9 Å². The standard InChI is InChI=1S/C23H40N6O5/c1-14(2)28(21-15(3)20(24)25-13-26-21)18-12-17(34-23(4,5)31)19(33-18)22(30)29(32-7)16-8-10-27(6)11-9-16/h13-14,16-19,31H,8-12H2,1-7H3,(H2,24,25,26)/t17-,18+,19-/m0/s1. The summed E-state index contributed by atoms with van der Waals surface area (Å²) in [6.45, 7) is 10.7. The highest BCUT2D eigenvalue weighted by atomic mass is 16.7. The van der Waals surface area contributed by atoms with Crippen LogP contribution in [0.25, 0.3) is 0 Å². The van der Waals surface area contributed by atoms with E-state index >= 15 is 0 Å². The van der Waals surface area contributed by atoms with E-state index in [4.69, 9.17) is 20.0 Å². The first-order valence-corrected chi connectivity index (χ1v) is 11.9. The number of rotatable bonds is 8. The molecule has 3 heterocycles. The van der Waals surface area contributed by atoms with Gasteiger partial charge in [0.25, 0.3) is 5.91 Å². The van der Waals surface area contributed by atoms with Crippen LogP contribution in [0.15, 0.2) is 6.33 Å². The van der Waals surface area contributed by atoms with Crippen LogP contribution in [0.2, 0.25) is 0 Å². The first-order chi connectivity index (χ1) is 15.9. The number of aromatic nitrogens is 2. The zero-order valence-electron chi connectivity index (χ0n) is 21.4. The molecule has 1 aromatic heterocycles. The summed E-state index contributed by atoms with van der Waals surface area (Å²) in [6.07, 6.45) is 1.24. The molecule has 2 fully saturated rings. The normalized spacial score (nSPS) is 24.6. The number of amides is 1. The van der Waals surface area contributed by atoms with Crippen molar-refractivity contribution in [1.29, 1.82) is 0 Å². The number of nitrogen functional groups attached to an aromatic ring is 1. The van der Waals surface area contributed by atoms with Gasteiger partial charge in [-0.1, -0.05) is 0 Å². The average Bonchev–Trinajstić information content (AvgIpc) is 3.14. The quantitative estimate of drug-likeness (QED) is 0.415. The average molecular weight is 481 g/mol. The monoisotopic (exact) mass is 480 g/mol. The molecule has 11 nitrogen and oxygen atoms in total. The molecule has 2 aliphatic rings. The molecule has 0 aliphatic carbocycles. The topological polar surface area (TPSA) is 127 Å². The summed E-state index contributed by atoms with van der Waals surface area (Å²) >= 11 is 0. The highest BCUT2D eigenvalue weighted by molar-refractivity contribution is 5.81. The third kappa shape index (κ3) is 5.95. The second-order valence-electron chi connectivity index (χ2n) is 9.94. The number of anilines is 2. The van der Waals surface area contributed by atoms with Crippen LogP contribution < -0.4 is 10.6 Å². The van der Waals surface area contributed by atoms with Gasteiger partial charge >= 0.3 is 0 Å². The van der Waals surface area contributed by atoms with Gasteiger partial charge in [-0.2, -0.15) is 0 Å². The number of carbonyl (C=O) groups is 1. The van der Waals surface area contributed by atoms with Gasteiger partial charge in [0.1, 0.15) is 30.3 Å². The highest BCUT2D eigenvalue weighted by Gasteiger charge is 2.48. The van der Waals surface area contributed by atoms with Crippen LogP contribution in [-0.2, 0) is 19.1 Å².